The lowest BCUT2D eigenvalue weighted by Crippen LogP contribution is -2.56. The number of hydrogen-bond donors (Lipinski definition) is 4. The number of benzene rings is 1. The molecule has 0 bridgehead atoms. The van der Waals surface area contributed by atoms with E-state index in [1.807, 2.05) is 11.8 Å². The molecular formula is C28H30F3N5O4. The van der Waals surface area contributed by atoms with Gasteiger partial charge in [0.1, 0.15) is 28.8 Å². The van der Waals surface area contributed by atoms with Crippen LogP contribution in [-0.2, 0) is 17.8 Å². The van der Waals surface area contributed by atoms with Crippen LogP contribution in [0.1, 0.15) is 46.8 Å². The van der Waals surface area contributed by atoms with E-state index in [0.29, 0.717) is 43.0 Å². The molecule has 1 aliphatic carbocycles. The standard InChI is InChI=1S/C28H30F3N5O4/c1-13-10-36(11-19(32)27(13)38)26-15-3-6-22(37)24(15)33-9-21(26)35-28(39)20-5-4-16(29)25(34-20)23-17(30)7-14(12-40-2)8-18(23)31/h4-5,7-9,13,19,22,27,37-38H,3,6,10-12,32H2,1-2H3,(H,35,39). The van der Waals surface area contributed by atoms with E-state index in [4.69, 9.17) is 10.5 Å². The largest absolute Gasteiger partial charge is 0.391 e. The van der Waals surface area contributed by atoms with Gasteiger partial charge in [0.25, 0.3) is 5.91 Å². The van der Waals surface area contributed by atoms with Crippen LogP contribution in [0, 0.1) is 23.4 Å². The van der Waals surface area contributed by atoms with E-state index < -0.39 is 52.9 Å². The van der Waals surface area contributed by atoms with Crippen LogP contribution in [0.15, 0.2) is 30.5 Å². The summed E-state index contributed by atoms with van der Waals surface area (Å²) in [5.74, 6) is -4.01. The molecule has 40 heavy (non-hydrogen) atoms. The second kappa shape index (κ2) is 11.1. The molecule has 1 aliphatic heterocycles. The van der Waals surface area contributed by atoms with Crippen LogP contribution in [0.5, 0.6) is 0 Å². The van der Waals surface area contributed by atoms with Crippen LogP contribution in [0.2, 0.25) is 0 Å². The van der Waals surface area contributed by atoms with Crippen molar-refractivity contribution in [1.29, 1.82) is 0 Å². The summed E-state index contributed by atoms with van der Waals surface area (Å²) in [6.45, 7) is 2.58. The van der Waals surface area contributed by atoms with Crippen molar-refractivity contribution in [1.82, 2.24) is 9.97 Å². The van der Waals surface area contributed by atoms with Crippen molar-refractivity contribution in [3.63, 3.8) is 0 Å². The topological polar surface area (TPSA) is 134 Å². The highest BCUT2D eigenvalue weighted by atomic mass is 19.1. The number of nitrogens with two attached hydrogens (primary N) is 1. The van der Waals surface area contributed by atoms with Crippen molar-refractivity contribution in [3.05, 3.63) is 70.4 Å². The molecule has 0 saturated carbocycles. The number of aliphatic hydroxyl groups is 2. The van der Waals surface area contributed by atoms with Crippen LogP contribution in [0.25, 0.3) is 11.3 Å². The maximum Gasteiger partial charge on any atom is 0.274 e. The smallest absolute Gasteiger partial charge is 0.274 e. The van der Waals surface area contributed by atoms with Crippen molar-refractivity contribution in [2.24, 2.45) is 11.7 Å². The summed E-state index contributed by atoms with van der Waals surface area (Å²) >= 11 is 0. The Morgan fingerprint density at radius 3 is 2.58 bits per heavy atom. The number of hydrogen-bond acceptors (Lipinski definition) is 8. The van der Waals surface area contributed by atoms with Gasteiger partial charge in [0.15, 0.2) is 0 Å². The normalized spacial score (nSPS) is 22.4. The quantitative estimate of drug-likeness (QED) is 0.364. The number of nitrogens with one attached hydrogen (secondary N) is 1. The molecule has 3 aromatic rings. The first kappa shape index (κ1) is 28.0. The van der Waals surface area contributed by atoms with Crippen LogP contribution < -0.4 is 16.0 Å². The highest BCUT2D eigenvalue weighted by molar-refractivity contribution is 6.05. The van der Waals surface area contributed by atoms with E-state index in [0.717, 1.165) is 29.8 Å². The second-order valence-corrected chi connectivity index (χ2v) is 10.3. The van der Waals surface area contributed by atoms with Gasteiger partial charge in [-0.15, -0.1) is 0 Å². The molecule has 212 valence electrons. The van der Waals surface area contributed by atoms with E-state index >= 15 is 0 Å². The van der Waals surface area contributed by atoms with Crippen molar-refractivity contribution >= 4 is 17.3 Å². The zero-order valence-electron chi connectivity index (χ0n) is 22.0. The third kappa shape index (κ3) is 5.15. The Hall–Kier alpha value is -3.58. The number of pyridine rings is 2. The molecule has 1 aromatic carbocycles. The fraction of sp³-hybridized carbons (Fsp3) is 0.393. The summed E-state index contributed by atoms with van der Waals surface area (Å²) in [4.78, 5) is 23.6. The first-order valence-electron chi connectivity index (χ1n) is 12.9. The number of halogens is 3. The third-order valence-electron chi connectivity index (χ3n) is 7.42. The molecule has 5 rings (SSSR count). The lowest BCUT2D eigenvalue weighted by atomic mass is 9.92. The molecule has 0 radical (unpaired) electrons. The number of aromatic nitrogens is 2. The monoisotopic (exact) mass is 557 g/mol. The number of rotatable bonds is 6. The van der Waals surface area contributed by atoms with Crippen molar-refractivity contribution < 1.29 is 32.9 Å². The Morgan fingerprint density at radius 1 is 1.18 bits per heavy atom. The first-order chi connectivity index (χ1) is 19.1. The Labute approximate surface area is 228 Å². The lowest BCUT2D eigenvalue weighted by molar-refractivity contribution is 0.0784. The molecule has 9 nitrogen and oxygen atoms in total. The van der Waals surface area contributed by atoms with E-state index in [9.17, 15) is 28.2 Å². The summed E-state index contributed by atoms with van der Waals surface area (Å²) in [5, 5.41) is 23.5. The van der Waals surface area contributed by atoms with Gasteiger partial charge < -0.3 is 30.9 Å². The average molecular weight is 558 g/mol. The van der Waals surface area contributed by atoms with Crippen LogP contribution in [-0.4, -0.2) is 58.4 Å². The average Bonchev–Trinajstić information content (AvgIpc) is 3.28. The number of nitrogens with zero attached hydrogens (tertiary/aromatic N) is 3. The molecule has 5 N–H and O–H groups in total. The molecule has 2 aliphatic rings. The maximum absolute atomic E-state index is 14.8. The van der Waals surface area contributed by atoms with Gasteiger partial charge in [-0.05, 0) is 42.7 Å². The third-order valence-corrected chi connectivity index (χ3v) is 7.42. The minimum Gasteiger partial charge on any atom is -0.391 e. The summed E-state index contributed by atoms with van der Waals surface area (Å²) in [6.07, 6.45) is 0.956. The number of methoxy groups -OCH3 is 1. The minimum absolute atomic E-state index is 0.0414. The van der Waals surface area contributed by atoms with Gasteiger partial charge >= 0.3 is 0 Å². The number of fused-ring (bicyclic) bond motifs is 1. The van der Waals surface area contributed by atoms with Gasteiger partial charge in [0.05, 0.1) is 47.6 Å². The minimum atomic E-state index is -1.04. The highest BCUT2D eigenvalue weighted by Crippen LogP contribution is 2.41. The van der Waals surface area contributed by atoms with E-state index in [-0.39, 0.29) is 23.8 Å². The predicted molar refractivity (Wildman–Crippen MR) is 141 cm³/mol. The van der Waals surface area contributed by atoms with Gasteiger partial charge in [0.2, 0.25) is 0 Å². The van der Waals surface area contributed by atoms with E-state index in [1.165, 1.54) is 13.3 Å². The summed E-state index contributed by atoms with van der Waals surface area (Å²) in [7, 11) is 1.38. The number of carbonyl (C=O) groups is 1. The summed E-state index contributed by atoms with van der Waals surface area (Å²) in [6, 6.07) is 3.54. The van der Waals surface area contributed by atoms with Crippen LogP contribution in [0.4, 0.5) is 24.5 Å². The van der Waals surface area contributed by atoms with E-state index in [2.05, 4.69) is 15.3 Å². The Kier molecular flexibility index (Phi) is 7.78. The molecule has 3 heterocycles. The molecule has 0 spiro atoms. The molecule has 12 heteroatoms. The van der Waals surface area contributed by atoms with Crippen LogP contribution in [0.3, 0.4) is 0 Å². The molecule has 2 aromatic heterocycles. The Morgan fingerprint density at radius 2 is 1.90 bits per heavy atom. The number of anilines is 2. The highest BCUT2D eigenvalue weighted by Gasteiger charge is 2.36. The van der Waals surface area contributed by atoms with Gasteiger partial charge in [-0.3, -0.25) is 9.78 Å². The molecular weight excluding hydrogens is 527 g/mol. The number of carbonyl (C=O) groups excluding carboxylic acids is 1. The molecule has 1 amide bonds. The van der Waals surface area contributed by atoms with Gasteiger partial charge in [-0.1, -0.05) is 6.92 Å². The number of piperidine rings is 1. The van der Waals surface area contributed by atoms with E-state index in [1.54, 1.807) is 0 Å². The Bertz CT molecular complexity index is 1420. The first-order valence-corrected chi connectivity index (χ1v) is 12.9. The number of ether oxygens (including phenoxy) is 1. The zero-order valence-corrected chi connectivity index (χ0v) is 22.0. The molecule has 4 atom stereocenters. The van der Waals surface area contributed by atoms with Gasteiger partial charge in [0, 0.05) is 37.7 Å². The maximum atomic E-state index is 14.8. The predicted octanol–water partition coefficient (Wildman–Crippen LogP) is 3.08. The van der Waals surface area contributed by atoms with Gasteiger partial charge in [-0.25, -0.2) is 18.2 Å². The van der Waals surface area contributed by atoms with Crippen LogP contribution >= 0.6 is 0 Å². The number of aliphatic hydroxyl groups excluding tert-OH is 2. The zero-order chi connectivity index (χ0) is 28.7. The summed E-state index contributed by atoms with van der Waals surface area (Å²) in [5.41, 5.74) is 6.98. The molecule has 1 saturated heterocycles. The fourth-order valence-electron chi connectivity index (χ4n) is 5.49. The number of amides is 1. The van der Waals surface area contributed by atoms with Crippen molar-refractivity contribution in [3.8, 4) is 11.3 Å². The SMILES string of the molecule is COCc1cc(F)c(-c2nc(C(=O)Nc3cnc4c(c3N3CC(C)C(O)C(N)C3)CCC4O)ccc2F)c(F)c1. The van der Waals surface area contributed by atoms with Crippen molar-refractivity contribution in [2.45, 2.75) is 44.6 Å². The molecule has 1 fully saturated rings. The van der Waals surface area contributed by atoms with Gasteiger partial charge in [-0.2, -0.15) is 0 Å². The Balaban J connectivity index is 1.50. The lowest BCUT2D eigenvalue weighted by Gasteiger charge is -2.41. The molecule has 4 unspecified atom stereocenters. The second-order valence-electron chi connectivity index (χ2n) is 10.3. The fourth-order valence-corrected chi connectivity index (χ4v) is 5.49. The van der Waals surface area contributed by atoms with Crippen molar-refractivity contribution in [2.75, 3.05) is 30.4 Å². The summed E-state index contributed by atoms with van der Waals surface area (Å²) < 4.78 is 49.3.